The van der Waals surface area contributed by atoms with E-state index in [4.69, 9.17) is 5.11 Å². The van der Waals surface area contributed by atoms with Crippen LogP contribution in [0.1, 0.15) is 62.7 Å². The van der Waals surface area contributed by atoms with Crippen molar-refractivity contribution >= 4 is 27.4 Å². The van der Waals surface area contributed by atoms with Gasteiger partial charge in [0.1, 0.15) is 0 Å². The number of carbonyl (C=O) groups is 1. The van der Waals surface area contributed by atoms with Gasteiger partial charge in [0.05, 0.1) is 0 Å². The number of benzene rings is 1. The van der Waals surface area contributed by atoms with Crippen LogP contribution in [-0.2, 0) is 11.2 Å². The molecule has 3 heteroatoms. The minimum atomic E-state index is -0.687. The van der Waals surface area contributed by atoms with Crippen LogP contribution in [0.25, 0.3) is 10.1 Å². The number of rotatable bonds is 10. The number of carboxylic acid groups (broad SMARTS) is 1. The molecule has 0 radical (unpaired) electrons. The fourth-order valence-corrected chi connectivity index (χ4v) is 5.37. The van der Waals surface area contributed by atoms with E-state index in [-0.39, 0.29) is 6.42 Å². The van der Waals surface area contributed by atoms with Gasteiger partial charge in [0.25, 0.3) is 0 Å². The monoisotopic (exact) mass is 370 g/mol. The summed E-state index contributed by atoms with van der Waals surface area (Å²) < 4.78 is 1.41. The third-order valence-electron chi connectivity index (χ3n) is 5.66. The Hall–Kier alpha value is -1.61. The molecular formula is C23H30O2S. The maximum absolute atomic E-state index is 10.5. The molecule has 0 saturated heterocycles. The molecule has 2 nitrogen and oxygen atoms in total. The lowest BCUT2D eigenvalue weighted by Crippen LogP contribution is -2.07. The Bertz CT molecular complexity index is 698. The Morgan fingerprint density at radius 2 is 2.00 bits per heavy atom. The van der Waals surface area contributed by atoms with E-state index in [0.717, 1.165) is 24.7 Å². The molecule has 2 unspecified atom stereocenters. The van der Waals surface area contributed by atoms with Gasteiger partial charge in [-0.25, -0.2) is 0 Å². The zero-order valence-electron chi connectivity index (χ0n) is 15.5. The molecule has 1 N–H and O–H groups in total. The highest BCUT2D eigenvalue weighted by Crippen LogP contribution is 2.38. The largest absolute Gasteiger partial charge is 0.481 e. The Labute approximate surface area is 160 Å². The third kappa shape index (κ3) is 5.70. The molecule has 1 saturated carbocycles. The fourth-order valence-electron chi connectivity index (χ4n) is 4.26. The fraction of sp³-hybridized carbons (Fsp3) is 0.522. The first-order valence-corrected chi connectivity index (χ1v) is 10.9. The molecule has 140 valence electrons. The molecule has 1 aliphatic rings. The summed E-state index contributed by atoms with van der Waals surface area (Å²) in [6.07, 6.45) is 15.6. The SMILES string of the molecule is O=C(O)CCCC=CCC1CCCC1CCCc1cc2ccccc2s1. The van der Waals surface area contributed by atoms with Crippen LogP contribution in [-0.4, -0.2) is 11.1 Å². The molecule has 3 rings (SSSR count). The quantitative estimate of drug-likeness (QED) is 0.367. The Morgan fingerprint density at radius 1 is 1.15 bits per heavy atom. The van der Waals surface area contributed by atoms with Gasteiger partial charge < -0.3 is 5.11 Å². The van der Waals surface area contributed by atoms with Crippen molar-refractivity contribution in [1.29, 1.82) is 0 Å². The lowest BCUT2D eigenvalue weighted by molar-refractivity contribution is -0.137. The summed E-state index contributed by atoms with van der Waals surface area (Å²) in [6, 6.07) is 11.1. The Kier molecular flexibility index (Phi) is 7.31. The maximum atomic E-state index is 10.5. The van der Waals surface area contributed by atoms with Gasteiger partial charge in [0.15, 0.2) is 0 Å². The van der Waals surface area contributed by atoms with Crippen molar-refractivity contribution in [3.63, 3.8) is 0 Å². The lowest BCUT2D eigenvalue weighted by Gasteiger charge is -2.17. The predicted molar refractivity (Wildman–Crippen MR) is 111 cm³/mol. The number of carboxylic acids is 1. The zero-order valence-corrected chi connectivity index (χ0v) is 16.3. The van der Waals surface area contributed by atoms with E-state index in [1.54, 1.807) is 0 Å². The second kappa shape index (κ2) is 9.91. The van der Waals surface area contributed by atoms with Crippen LogP contribution in [0.5, 0.6) is 0 Å². The van der Waals surface area contributed by atoms with Crippen molar-refractivity contribution in [2.45, 2.75) is 64.2 Å². The number of hydrogen-bond donors (Lipinski definition) is 1. The average Bonchev–Trinajstić information content (AvgIpc) is 3.24. The van der Waals surface area contributed by atoms with E-state index in [2.05, 4.69) is 42.5 Å². The molecule has 0 bridgehead atoms. The van der Waals surface area contributed by atoms with Crippen LogP contribution in [0, 0.1) is 11.8 Å². The number of hydrogen-bond acceptors (Lipinski definition) is 2. The summed E-state index contributed by atoms with van der Waals surface area (Å²) in [4.78, 5) is 12.0. The second-order valence-corrected chi connectivity index (χ2v) is 8.76. The van der Waals surface area contributed by atoms with Crippen molar-refractivity contribution in [2.24, 2.45) is 11.8 Å². The van der Waals surface area contributed by atoms with Crippen LogP contribution in [0.4, 0.5) is 0 Å². The van der Waals surface area contributed by atoms with Crippen molar-refractivity contribution in [3.05, 3.63) is 47.4 Å². The highest BCUT2D eigenvalue weighted by Gasteiger charge is 2.25. The second-order valence-electron chi connectivity index (χ2n) is 7.59. The summed E-state index contributed by atoms with van der Waals surface area (Å²) in [7, 11) is 0. The average molecular weight is 371 g/mol. The van der Waals surface area contributed by atoms with Gasteiger partial charge >= 0.3 is 5.97 Å². The molecule has 0 amide bonds. The zero-order chi connectivity index (χ0) is 18.2. The van der Waals surface area contributed by atoms with Gasteiger partial charge in [-0.15, -0.1) is 11.3 Å². The van der Waals surface area contributed by atoms with Gasteiger partial charge in [-0.1, -0.05) is 43.2 Å². The van der Waals surface area contributed by atoms with Crippen LogP contribution in [0.2, 0.25) is 0 Å². The molecule has 2 atom stereocenters. The minimum Gasteiger partial charge on any atom is -0.481 e. The van der Waals surface area contributed by atoms with Gasteiger partial charge in [0.2, 0.25) is 0 Å². The molecule has 0 spiro atoms. The number of allylic oxidation sites excluding steroid dienone is 2. The van der Waals surface area contributed by atoms with E-state index < -0.39 is 5.97 Å². The van der Waals surface area contributed by atoms with E-state index in [9.17, 15) is 4.79 Å². The molecule has 1 aromatic carbocycles. The van der Waals surface area contributed by atoms with Crippen molar-refractivity contribution in [2.75, 3.05) is 0 Å². The van der Waals surface area contributed by atoms with Gasteiger partial charge in [-0.05, 0) is 74.3 Å². The molecule has 1 aliphatic carbocycles. The van der Waals surface area contributed by atoms with Gasteiger partial charge in [-0.3, -0.25) is 4.79 Å². The number of aliphatic carboxylic acids is 1. The molecular weight excluding hydrogens is 340 g/mol. The van der Waals surface area contributed by atoms with Crippen molar-refractivity contribution < 1.29 is 9.90 Å². The molecule has 26 heavy (non-hydrogen) atoms. The third-order valence-corrected chi connectivity index (χ3v) is 6.83. The highest BCUT2D eigenvalue weighted by atomic mass is 32.1. The minimum absolute atomic E-state index is 0.286. The molecule has 1 fully saturated rings. The number of thiophene rings is 1. The predicted octanol–water partition coefficient (Wildman–Crippen LogP) is 6.84. The topological polar surface area (TPSA) is 37.3 Å². The number of fused-ring (bicyclic) bond motifs is 1. The lowest BCUT2D eigenvalue weighted by atomic mass is 9.88. The standard InChI is InChI=1S/C23H30O2S/c24-23(25)16-4-2-1-3-9-18-11-7-12-19(18)13-8-14-21-17-20-10-5-6-15-22(20)26-21/h1,3,5-6,10,15,17-19H,2,4,7-9,11-14,16H2,(H,24,25). The summed E-state index contributed by atoms with van der Waals surface area (Å²) >= 11 is 1.95. The van der Waals surface area contributed by atoms with Crippen LogP contribution >= 0.6 is 11.3 Å². The number of aryl methyl sites for hydroxylation is 1. The van der Waals surface area contributed by atoms with E-state index in [1.165, 1.54) is 59.9 Å². The van der Waals surface area contributed by atoms with Crippen LogP contribution < -0.4 is 0 Å². The van der Waals surface area contributed by atoms with Gasteiger partial charge in [-0.2, -0.15) is 0 Å². The highest BCUT2D eigenvalue weighted by molar-refractivity contribution is 7.19. The molecule has 1 heterocycles. The maximum Gasteiger partial charge on any atom is 0.303 e. The number of unbranched alkanes of at least 4 members (excludes halogenated alkanes) is 1. The normalized spacial score (nSPS) is 20.3. The van der Waals surface area contributed by atoms with E-state index in [1.807, 2.05) is 11.3 Å². The van der Waals surface area contributed by atoms with E-state index in [0.29, 0.717) is 0 Å². The molecule has 0 aliphatic heterocycles. The first-order valence-electron chi connectivity index (χ1n) is 10.1. The van der Waals surface area contributed by atoms with Crippen LogP contribution in [0.3, 0.4) is 0 Å². The summed E-state index contributed by atoms with van der Waals surface area (Å²) in [5, 5.41) is 10.0. The van der Waals surface area contributed by atoms with Gasteiger partial charge in [0, 0.05) is 16.0 Å². The summed E-state index contributed by atoms with van der Waals surface area (Å²) in [6.45, 7) is 0. The Morgan fingerprint density at radius 3 is 2.85 bits per heavy atom. The van der Waals surface area contributed by atoms with Crippen molar-refractivity contribution in [1.82, 2.24) is 0 Å². The van der Waals surface area contributed by atoms with Crippen molar-refractivity contribution in [3.8, 4) is 0 Å². The van der Waals surface area contributed by atoms with Crippen LogP contribution in [0.15, 0.2) is 42.5 Å². The molecule has 1 aromatic heterocycles. The summed E-state index contributed by atoms with van der Waals surface area (Å²) in [5.41, 5.74) is 0. The Balaban J connectivity index is 1.38. The first-order chi connectivity index (χ1) is 12.7. The first kappa shape index (κ1) is 19.2. The smallest absolute Gasteiger partial charge is 0.303 e. The van der Waals surface area contributed by atoms with E-state index >= 15 is 0 Å². The molecule has 2 aromatic rings. The summed E-state index contributed by atoms with van der Waals surface area (Å²) in [5.74, 6) is 1.04.